The number of likely N-dealkylation sites (tertiary alicyclic amines) is 1. The SMILES string of the molecule is Cc1ccc(C(=O)N2CCCC(C)CC2)cc1C#CCO. The second-order valence-corrected chi connectivity index (χ2v) is 5.82. The topological polar surface area (TPSA) is 40.5 Å². The van der Waals surface area contributed by atoms with Crippen LogP contribution in [0.4, 0.5) is 0 Å². The molecule has 3 heteroatoms. The summed E-state index contributed by atoms with van der Waals surface area (Å²) >= 11 is 0. The second kappa shape index (κ2) is 7.28. The molecule has 1 aliphatic rings. The summed E-state index contributed by atoms with van der Waals surface area (Å²) in [5.74, 6) is 6.35. The number of carbonyl (C=O) groups is 1. The first kappa shape index (κ1) is 15.6. The van der Waals surface area contributed by atoms with Gasteiger partial charge in [-0.1, -0.05) is 24.8 Å². The third-order valence-electron chi connectivity index (χ3n) is 4.09. The summed E-state index contributed by atoms with van der Waals surface area (Å²) in [5.41, 5.74) is 2.53. The molecule has 0 radical (unpaired) electrons. The van der Waals surface area contributed by atoms with Crippen molar-refractivity contribution in [2.24, 2.45) is 5.92 Å². The van der Waals surface area contributed by atoms with Crippen LogP contribution in [-0.4, -0.2) is 35.6 Å². The van der Waals surface area contributed by atoms with Gasteiger partial charge in [0.15, 0.2) is 0 Å². The zero-order valence-electron chi connectivity index (χ0n) is 12.9. The van der Waals surface area contributed by atoms with E-state index in [-0.39, 0.29) is 12.5 Å². The Kier molecular flexibility index (Phi) is 5.41. The van der Waals surface area contributed by atoms with E-state index < -0.39 is 0 Å². The Hall–Kier alpha value is -1.79. The van der Waals surface area contributed by atoms with E-state index in [9.17, 15) is 4.79 Å². The van der Waals surface area contributed by atoms with Crippen molar-refractivity contribution in [3.05, 3.63) is 34.9 Å². The molecule has 0 aromatic heterocycles. The maximum atomic E-state index is 12.6. The van der Waals surface area contributed by atoms with Gasteiger partial charge >= 0.3 is 0 Å². The van der Waals surface area contributed by atoms with Gasteiger partial charge in [0.2, 0.25) is 0 Å². The van der Waals surface area contributed by atoms with Crippen molar-refractivity contribution in [3.63, 3.8) is 0 Å². The van der Waals surface area contributed by atoms with Gasteiger partial charge in [-0.05, 0) is 49.8 Å². The molecule has 0 aliphatic carbocycles. The highest BCUT2D eigenvalue weighted by molar-refractivity contribution is 5.94. The van der Waals surface area contributed by atoms with Crippen molar-refractivity contribution < 1.29 is 9.90 Å². The Morgan fingerprint density at radius 1 is 1.38 bits per heavy atom. The van der Waals surface area contributed by atoms with Gasteiger partial charge in [0.25, 0.3) is 5.91 Å². The van der Waals surface area contributed by atoms with Crippen molar-refractivity contribution in [1.82, 2.24) is 4.90 Å². The molecule has 1 aliphatic heterocycles. The standard InChI is InChI=1S/C18H23NO2/c1-14-5-3-10-19(11-9-14)18(21)17-8-7-15(2)16(13-17)6-4-12-20/h7-8,13-14,20H,3,5,9-12H2,1-2H3. The molecule has 1 fully saturated rings. The molecular formula is C18H23NO2. The quantitative estimate of drug-likeness (QED) is 0.806. The van der Waals surface area contributed by atoms with Crippen LogP contribution in [0.1, 0.15) is 47.7 Å². The van der Waals surface area contributed by atoms with Gasteiger partial charge in [-0.2, -0.15) is 0 Å². The summed E-state index contributed by atoms with van der Waals surface area (Å²) in [6, 6.07) is 5.64. The summed E-state index contributed by atoms with van der Waals surface area (Å²) < 4.78 is 0. The fraction of sp³-hybridized carbons (Fsp3) is 0.500. The molecule has 1 aromatic rings. The summed E-state index contributed by atoms with van der Waals surface area (Å²) in [6.07, 6.45) is 3.36. The minimum absolute atomic E-state index is 0.0937. The van der Waals surface area contributed by atoms with E-state index in [0.717, 1.165) is 37.1 Å². The van der Waals surface area contributed by atoms with Crippen LogP contribution >= 0.6 is 0 Å². The second-order valence-electron chi connectivity index (χ2n) is 5.82. The third kappa shape index (κ3) is 4.09. The Morgan fingerprint density at radius 3 is 2.95 bits per heavy atom. The van der Waals surface area contributed by atoms with Gasteiger partial charge in [-0.3, -0.25) is 4.79 Å². The molecule has 0 spiro atoms. The van der Waals surface area contributed by atoms with E-state index in [1.54, 1.807) is 0 Å². The number of hydrogen-bond acceptors (Lipinski definition) is 2. The lowest BCUT2D eigenvalue weighted by molar-refractivity contribution is 0.0760. The molecule has 1 unspecified atom stereocenters. The van der Waals surface area contributed by atoms with Crippen LogP contribution in [0, 0.1) is 24.7 Å². The van der Waals surface area contributed by atoms with E-state index in [1.807, 2.05) is 30.0 Å². The van der Waals surface area contributed by atoms with Crippen LogP contribution in [-0.2, 0) is 0 Å². The van der Waals surface area contributed by atoms with Crippen LogP contribution in [0.3, 0.4) is 0 Å². The fourth-order valence-electron chi connectivity index (χ4n) is 2.67. The molecule has 1 atom stereocenters. The minimum Gasteiger partial charge on any atom is -0.384 e. The molecule has 21 heavy (non-hydrogen) atoms. The molecular weight excluding hydrogens is 262 g/mol. The monoisotopic (exact) mass is 285 g/mol. The summed E-state index contributed by atoms with van der Waals surface area (Å²) in [6.45, 7) is 5.73. The average molecular weight is 285 g/mol. The van der Waals surface area contributed by atoms with Gasteiger partial charge in [0.05, 0.1) is 0 Å². The number of hydrogen-bond donors (Lipinski definition) is 1. The number of carbonyl (C=O) groups excluding carboxylic acids is 1. The van der Waals surface area contributed by atoms with E-state index in [1.165, 1.54) is 6.42 Å². The third-order valence-corrected chi connectivity index (χ3v) is 4.09. The number of nitrogens with zero attached hydrogens (tertiary/aromatic N) is 1. The average Bonchev–Trinajstić information content (AvgIpc) is 2.70. The predicted molar refractivity (Wildman–Crippen MR) is 84.1 cm³/mol. The highest BCUT2D eigenvalue weighted by atomic mass is 16.2. The molecule has 0 bridgehead atoms. The maximum absolute atomic E-state index is 12.6. The van der Waals surface area contributed by atoms with Crippen molar-refractivity contribution >= 4 is 5.91 Å². The Labute approximate surface area is 127 Å². The molecule has 1 heterocycles. The molecule has 1 saturated heterocycles. The van der Waals surface area contributed by atoms with Gasteiger partial charge in [0.1, 0.15) is 6.61 Å². The van der Waals surface area contributed by atoms with Crippen molar-refractivity contribution in [1.29, 1.82) is 0 Å². The minimum atomic E-state index is -0.165. The van der Waals surface area contributed by atoms with Crippen LogP contribution in [0.5, 0.6) is 0 Å². The van der Waals surface area contributed by atoms with E-state index >= 15 is 0 Å². The maximum Gasteiger partial charge on any atom is 0.253 e. The summed E-state index contributed by atoms with van der Waals surface area (Å²) in [4.78, 5) is 14.6. The summed E-state index contributed by atoms with van der Waals surface area (Å²) in [5, 5.41) is 8.81. The van der Waals surface area contributed by atoms with Gasteiger partial charge in [0, 0.05) is 24.2 Å². The zero-order valence-corrected chi connectivity index (χ0v) is 12.9. The van der Waals surface area contributed by atoms with Crippen molar-refractivity contribution in [2.75, 3.05) is 19.7 Å². The molecule has 2 rings (SSSR count). The normalized spacial score (nSPS) is 18.6. The zero-order chi connectivity index (χ0) is 15.2. The highest BCUT2D eigenvalue weighted by Crippen LogP contribution is 2.19. The lowest BCUT2D eigenvalue weighted by Crippen LogP contribution is -2.32. The Balaban J connectivity index is 2.18. The smallest absolute Gasteiger partial charge is 0.253 e. The molecule has 1 amide bonds. The van der Waals surface area contributed by atoms with Gasteiger partial charge < -0.3 is 10.0 Å². The van der Waals surface area contributed by atoms with Crippen molar-refractivity contribution in [3.8, 4) is 11.8 Å². The number of aliphatic hydroxyl groups is 1. The van der Waals surface area contributed by atoms with Crippen LogP contribution in [0.2, 0.25) is 0 Å². The predicted octanol–water partition coefficient (Wildman–Crippen LogP) is 2.60. The van der Waals surface area contributed by atoms with Crippen LogP contribution in [0.15, 0.2) is 18.2 Å². The number of aliphatic hydroxyl groups excluding tert-OH is 1. The fourth-order valence-corrected chi connectivity index (χ4v) is 2.67. The Bertz CT molecular complexity index is 568. The summed E-state index contributed by atoms with van der Waals surface area (Å²) in [7, 11) is 0. The van der Waals surface area contributed by atoms with Crippen LogP contribution in [0.25, 0.3) is 0 Å². The van der Waals surface area contributed by atoms with E-state index in [0.29, 0.717) is 11.5 Å². The number of aryl methyl sites for hydroxylation is 1. The van der Waals surface area contributed by atoms with Crippen LogP contribution < -0.4 is 0 Å². The van der Waals surface area contributed by atoms with Gasteiger partial charge in [-0.15, -0.1) is 0 Å². The Morgan fingerprint density at radius 2 is 2.19 bits per heavy atom. The largest absolute Gasteiger partial charge is 0.384 e. The highest BCUT2D eigenvalue weighted by Gasteiger charge is 2.20. The molecule has 1 aromatic carbocycles. The van der Waals surface area contributed by atoms with Gasteiger partial charge in [-0.25, -0.2) is 0 Å². The number of benzene rings is 1. The first-order chi connectivity index (χ1) is 10.1. The first-order valence-electron chi connectivity index (χ1n) is 7.61. The van der Waals surface area contributed by atoms with Crippen molar-refractivity contribution in [2.45, 2.75) is 33.1 Å². The molecule has 1 N–H and O–H groups in total. The molecule has 3 nitrogen and oxygen atoms in total. The first-order valence-corrected chi connectivity index (χ1v) is 7.61. The lowest BCUT2D eigenvalue weighted by Gasteiger charge is -2.20. The van der Waals surface area contributed by atoms with E-state index in [4.69, 9.17) is 5.11 Å². The number of rotatable bonds is 1. The molecule has 112 valence electrons. The van der Waals surface area contributed by atoms with E-state index in [2.05, 4.69) is 18.8 Å². The molecule has 0 saturated carbocycles. The lowest BCUT2D eigenvalue weighted by atomic mass is 10.0. The number of amides is 1.